The van der Waals surface area contributed by atoms with Crippen LogP contribution in [0.4, 0.5) is 0 Å². The van der Waals surface area contributed by atoms with Crippen molar-refractivity contribution in [3.63, 3.8) is 0 Å². The van der Waals surface area contributed by atoms with Crippen LogP contribution in [0.15, 0.2) is 97.3 Å². The van der Waals surface area contributed by atoms with Gasteiger partial charge in [-0.3, -0.25) is 0 Å². The summed E-state index contributed by atoms with van der Waals surface area (Å²) in [4.78, 5) is 0. The van der Waals surface area contributed by atoms with Crippen LogP contribution < -0.4 is 0 Å². The molecule has 0 spiro atoms. The maximum atomic E-state index is 2.32. The van der Waals surface area contributed by atoms with Gasteiger partial charge in [0.25, 0.3) is 0 Å². The lowest BCUT2D eigenvalue weighted by atomic mass is 9.98. The molecule has 158 valence electrons. The Morgan fingerprint density at radius 3 is 1.69 bits per heavy atom. The molecule has 32 heavy (non-hydrogen) atoms. The van der Waals surface area contributed by atoms with Crippen molar-refractivity contribution < 1.29 is 0 Å². The molecule has 2 nitrogen and oxygen atoms in total. The Morgan fingerprint density at radius 2 is 1.09 bits per heavy atom. The van der Waals surface area contributed by atoms with Gasteiger partial charge in [0.2, 0.25) is 0 Å². The number of hydrogen-bond acceptors (Lipinski definition) is 0. The molecule has 0 bridgehead atoms. The molecule has 2 aromatic heterocycles. The summed E-state index contributed by atoms with van der Waals surface area (Å²) in [6.45, 7) is 8.65. The van der Waals surface area contributed by atoms with E-state index in [9.17, 15) is 0 Å². The highest BCUT2D eigenvalue weighted by Gasteiger charge is 2.18. The van der Waals surface area contributed by atoms with Gasteiger partial charge in [0.05, 0.1) is 0 Å². The van der Waals surface area contributed by atoms with Gasteiger partial charge in [-0.2, -0.15) is 0 Å². The van der Waals surface area contributed by atoms with Gasteiger partial charge in [0.1, 0.15) is 0 Å². The second kappa shape index (κ2) is 8.05. The predicted octanol–water partition coefficient (Wildman–Crippen LogP) is 7.84. The standard InChI is InChI=1S/C30H28N2/c1-21-10-14-27(15-11-21)31-19-26(18-23(31)3)29-20-32(28-16-12-22(2)13-17-28)24(4)30(29)25-8-6-5-7-9-25/h5-20H,1-4H3. The van der Waals surface area contributed by atoms with Crippen LogP contribution >= 0.6 is 0 Å². The Kier molecular flexibility index (Phi) is 5.07. The summed E-state index contributed by atoms with van der Waals surface area (Å²) in [6, 6.07) is 30.5. The van der Waals surface area contributed by atoms with Crippen molar-refractivity contribution in [2.24, 2.45) is 0 Å². The summed E-state index contributed by atoms with van der Waals surface area (Å²) in [5.74, 6) is 0. The van der Waals surface area contributed by atoms with Gasteiger partial charge in [-0.25, -0.2) is 0 Å². The van der Waals surface area contributed by atoms with Crippen LogP contribution in [-0.4, -0.2) is 9.13 Å². The average Bonchev–Trinajstić information content (AvgIpc) is 3.35. The van der Waals surface area contributed by atoms with Crippen LogP contribution in [0.25, 0.3) is 33.6 Å². The van der Waals surface area contributed by atoms with Crippen LogP contribution in [0.2, 0.25) is 0 Å². The van der Waals surface area contributed by atoms with E-state index in [1.54, 1.807) is 0 Å². The molecule has 5 aromatic rings. The molecular weight excluding hydrogens is 388 g/mol. The number of hydrogen-bond donors (Lipinski definition) is 0. The first kappa shape index (κ1) is 20.1. The van der Waals surface area contributed by atoms with Crippen LogP contribution in [0, 0.1) is 27.7 Å². The van der Waals surface area contributed by atoms with Crippen molar-refractivity contribution in [3.8, 4) is 33.6 Å². The summed E-state index contributed by atoms with van der Waals surface area (Å²) in [6.07, 6.45) is 4.55. The fraction of sp³-hybridized carbons (Fsp3) is 0.133. The topological polar surface area (TPSA) is 9.86 Å². The van der Waals surface area contributed by atoms with E-state index in [-0.39, 0.29) is 0 Å². The molecule has 0 saturated heterocycles. The molecule has 0 aliphatic carbocycles. The molecule has 5 rings (SSSR count). The van der Waals surface area contributed by atoms with Gasteiger partial charge in [-0.05, 0) is 63.6 Å². The molecule has 0 radical (unpaired) electrons. The SMILES string of the molecule is Cc1ccc(-n2cc(-c3cn(-c4ccc(C)cc4)c(C)c3-c3ccccc3)cc2C)cc1. The maximum Gasteiger partial charge on any atom is 0.0452 e. The monoisotopic (exact) mass is 416 g/mol. The molecule has 0 aliphatic rings. The Morgan fingerprint density at radius 1 is 0.531 bits per heavy atom. The number of aryl methyl sites for hydroxylation is 3. The van der Waals surface area contributed by atoms with Crippen molar-refractivity contribution in [2.45, 2.75) is 27.7 Å². The van der Waals surface area contributed by atoms with E-state index in [0.29, 0.717) is 0 Å². The van der Waals surface area contributed by atoms with Gasteiger partial charge < -0.3 is 9.13 Å². The normalized spacial score (nSPS) is 11.1. The zero-order valence-corrected chi connectivity index (χ0v) is 19.1. The Bertz CT molecular complexity index is 1370. The molecule has 0 atom stereocenters. The highest BCUT2D eigenvalue weighted by molar-refractivity contribution is 5.86. The van der Waals surface area contributed by atoms with Crippen molar-refractivity contribution in [1.82, 2.24) is 9.13 Å². The Balaban J connectivity index is 1.70. The number of nitrogens with zero attached hydrogens (tertiary/aromatic N) is 2. The van der Waals surface area contributed by atoms with Crippen LogP contribution in [0.3, 0.4) is 0 Å². The van der Waals surface area contributed by atoms with Gasteiger partial charge in [0.15, 0.2) is 0 Å². The van der Waals surface area contributed by atoms with E-state index in [1.165, 1.54) is 56.1 Å². The second-order valence-corrected chi connectivity index (χ2v) is 8.65. The molecule has 0 saturated carbocycles. The van der Waals surface area contributed by atoms with Crippen molar-refractivity contribution in [3.05, 3.63) is 120 Å². The van der Waals surface area contributed by atoms with E-state index in [4.69, 9.17) is 0 Å². The predicted molar refractivity (Wildman–Crippen MR) is 135 cm³/mol. The molecule has 0 aliphatic heterocycles. The quantitative estimate of drug-likeness (QED) is 0.282. The van der Waals surface area contributed by atoms with Crippen LogP contribution in [-0.2, 0) is 0 Å². The largest absolute Gasteiger partial charge is 0.321 e. The third-order valence-electron chi connectivity index (χ3n) is 6.26. The van der Waals surface area contributed by atoms with Crippen molar-refractivity contribution in [1.29, 1.82) is 0 Å². The first-order valence-corrected chi connectivity index (χ1v) is 11.1. The smallest absolute Gasteiger partial charge is 0.0452 e. The molecular formula is C30H28N2. The minimum Gasteiger partial charge on any atom is -0.321 e. The van der Waals surface area contributed by atoms with E-state index >= 15 is 0 Å². The third-order valence-corrected chi connectivity index (χ3v) is 6.26. The Hall–Kier alpha value is -3.78. The van der Waals surface area contributed by atoms with Crippen LogP contribution in [0.5, 0.6) is 0 Å². The van der Waals surface area contributed by atoms with Gasteiger partial charge in [0, 0.05) is 51.8 Å². The second-order valence-electron chi connectivity index (χ2n) is 8.65. The fourth-order valence-corrected chi connectivity index (χ4v) is 4.47. The lowest BCUT2D eigenvalue weighted by Crippen LogP contribution is -1.95. The van der Waals surface area contributed by atoms with Crippen LogP contribution in [0.1, 0.15) is 22.5 Å². The van der Waals surface area contributed by atoms with Gasteiger partial charge in [-0.1, -0.05) is 65.7 Å². The molecule has 0 amide bonds. The number of benzene rings is 3. The fourth-order valence-electron chi connectivity index (χ4n) is 4.47. The lowest BCUT2D eigenvalue weighted by Gasteiger charge is -2.08. The summed E-state index contributed by atoms with van der Waals surface area (Å²) in [7, 11) is 0. The van der Waals surface area contributed by atoms with Crippen molar-refractivity contribution >= 4 is 0 Å². The van der Waals surface area contributed by atoms with Gasteiger partial charge in [-0.15, -0.1) is 0 Å². The van der Waals surface area contributed by atoms with E-state index < -0.39 is 0 Å². The minimum absolute atomic E-state index is 1.19. The summed E-state index contributed by atoms with van der Waals surface area (Å²) in [5.41, 5.74) is 12.4. The first-order chi connectivity index (χ1) is 15.5. The van der Waals surface area contributed by atoms with Crippen molar-refractivity contribution in [2.75, 3.05) is 0 Å². The summed E-state index contributed by atoms with van der Waals surface area (Å²) < 4.78 is 4.59. The first-order valence-electron chi connectivity index (χ1n) is 11.1. The lowest BCUT2D eigenvalue weighted by molar-refractivity contribution is 1.01. The summed E-state index contributed by atoms with van der Waals surface area (Å²) in [5, 5.41) is 0. The molecule has 0 unspecified atom stereocenters. The summed E-state index contributed by atoms with van der Waals surface area (Å²) >= 11 is 0. The molecule has 0 N–H and O–H groups in total. The van der Waals surface area contributed by atoms with E-state index in [0.717, 1.165) is 0 Å². The number of rotatable bonds is 4. The average molecular weight is 417 g/mol. The minimum atomic E-state index is 1.19. The Labute approximate surface area is 190 Å². The third kappa shape index (κ3) is 3.58. The van der Waals surface area contributed by atoms with E-state index in [1.807, 2.05) is 0 Å². The molecule has 3 aromatic carbocycles. The zero-order chi connectivity index (χ0) is 22.2. The highest BCUT2D eigenvalue weighted by Crippen LogP contribution is 2.38. The maximum absolute atomic E-state index is 2.32. The van der Waals surface area contributed by atoms with Gasteiger partial charge >= 0.3 is 0 Å². The molecule has 2 heteroatoms. The highest BCUT2D eigenvalue weighted by atomic mass is 15.0. The molecule has 0 fully saturated rings. The zero-order valence-electron chi connectivity index (χ0n) is 19.1. The van der Waals surface area contributed by atoms with E-state index in [2.05, 4.69) is 134 Å². The number of aromatic nitrogens is 2. The molecule has 2 heterocycles.